The molecule has 142 valence electrons. The average Bonchev–Trinajstić information content (AvgIpc) is 2.59. The maximum absolute atomic E-state index is 11.8. The molecule has 26 heavy (non-hydrogen) atoms. The third-order valence-corrected chi connectivity index (χ3v) is 4.59. The van der Waals surface area contributed by atoms with E-state index in [-0.39, 0.29) is 17.1 Å². The van der Waals surface area contributed by atoms with Gasteiger partial charge >= 0.3 is 5.63 Å². The molecule has 0 amide bonds. The molecule has 0 bridgehead atoms. The molecule has 2 heterocycles. The van der Waals surface area contributed by atoms with Crippen LogP contribution in [-0.2, 0) is 4.74 Å². The van der Waals surface area contributed by atoms with Gasteiger partial charge in [-0.1, -0.05) is 0 Å². The zero-order valence-corrected chi connectivity index (χ0v) is 14.1. The fraction of sp³-hybridized carbons (Fsp3) is 0.471. The second-order valence-corrected chi connectivity index (χ2v) is 6.27. The topological polar surface area (TPSA) is 150 Å². The van der Waals surface area contributed by atoms with Gasteiger partial charge in [0.15, 0.2) is 0 Å². The minimum atomic E-state index is -1.61. The summed E-state index contributed by atoms with van der Waals surface area (Å²) in [5.41, 5.74) is 0.426. The molecule has 0 radical (unpaired) electrons. The number of hydrogen-bond donors (Lipinski definition) is 5. The second kappa shape index (κ2) is 6.86. The molecule has 1 fully saturated rings. The lowest BCUT2D eigenvalue weighted by Gasteiger charge is -2.39. The van der Waals surface area contributed by atoms with E-state index in [1.807, 2.05) is 0 Å². The lowest BCUT2D eigenvalue weighted by atomic mass is 9.99. The molecular formula is C17H20O9. The highest BCUT2D eigenvalue weighted by Gasteiger charge is 2.45. The minimum Gasteiger partial charge on any atom is -0.508 e. The Balaban J connectivity index is 2.06. The number of aryl methyl sites for hydroxylation is 1. The molecule has 3 rings (SSSR count). The van der Waals surface area contributed by atoms with Crippen molar-refractivity contribution in [2.75, 3.05) is 6.61 Å². The molecule has 2 aromatic rings. The Kier molecular flexibility index (Phi) is 4.91. The summed E-state index contributed by atoms with van der Waals surface area (Å²) in [6, 6.07) is 2.50. The zero-order valence-electron chi connectivity index (χ0n) is 14.1. The molecule has 0 aliphatic carbocycles. The van der Waals surface area contributed by atoms with Crippen molar-refractivity contribution in [3.8, 4) is 11.5 Å². The molecule has 1 aromatic carbocycles. The molecule has 1 saturated heterocycles. The Morgan fingerprint density at radius 1 is 1.08 bits per heavy atom. The first-order valence-electron chi connectivity index (χ1n) is 7.98. The van der Waals surface area contributed by atoms with Crippen molar-refractivity contribution in [3.63, 3.8) is 0 Å². The lowest BCUT2D eigenvalue weighted by Crippen LogP contribution is -2.60. The summed E-state index contributed by atoms with van der Waals surface area (Å²) in [5, 5.41) is 49.3. The zero-order chi connectivity index (χ0) is 19.2. The van der Waals surface area contributed by atoms with Crippen molar-refractivity contribution in [1.29, 1.82) is 0 Å². The maximum atomic E-state index is 11.8. The standard InChI is InChI=1S/C17H20O9/c1-6-7(2)16(23)24-9-3-8(19)4-10(12(6)9)25-17-15(22)14(21)13(20)11(5-18)26-17/h3-4,11,13-15,17-22H,5H2,1-2H3/t11-,13-,14+,15-,17-/m1/s1. The van der Waals surface area contributed by atoms with Crippen LogP contribution in [0.3, 0.4) is 0 Å². The van der Waals surface area contributed by atoms with Crippen LogP contribution in [-0.4, -0.2) is 62.8 Å². The average molecular weight is 368 g/mol. The summed E-state index contributed by atoms with van der Waals surface area (Å²) < 4.78 is 16.1. The molecule has 1 aromatic heterocycles. The fourth-order valence-corrected chi connectivity index (χ4v) is 2.93. The van der Waals surface area contributed by atoms with E-state index in [1.165, 1.54) is 12.1 Å². The van der Waals surface area contributed by atoms with Crippen LogP contribution < -0.4 is 10.4 Å². The number of aromatic hydroxyl groups is 1. The van der Waals surface area contributed by atoms with Gasteiger partial charge in [-0.15, -0.1) is 0 Å². The number of phenolic OH excluding ortho intramolecular Hbond substituents is 1. The number of aliphatic hydroxyl groups excluding tert-OH is 4. The van der Waals surface area contributed by atoms with E-state index in [0.29, 0.717) is 16.5 Å². The molecule has 1 aliphatic rings. The SMILES string of the molecule is Cc1c(C)c2c(O[C@@H]3O[C@H](CO)[C@@H](O)[C@H](O)[C@H]3O)cc(O)cc2oc1=O. The van der Waals surface area contributed by atoms with E-state index in [9.17, 15) is 30.3 Å². The molecule has 0 unspecified atom stereocenters. The molecule has 9 nitrogen and oxygen atoms in total. The first-order chi connectivity index (χ1) is 12.2. The van der Waals surface area contributed by atoms with Gasteiger partial charge in [-0.2, -0.15) is 0 Å². The number of ether oxygens (including phenoxy) is 2. The van der Waals surface area contributed by atoms with Gasteiger partial charge in [0.1, 0.15) is 41.5 Å². The Bertz CT molecular complexity index is 873. The van der Waals surface area contributed by atoms with Gasteiger partial charge in [0.05, 0.1) is 12.0 Å². The van der Waals surface area contributed by atoms with Gasteiger partial charge in [0.2, 0.25) is 6.29 Å². The molecule has 1 aliphatic heterocycles. The summed E-state index contributed by atoms with van der Waals surface area (Å²) in [7, 11) is 0. The second-order valence-electron chi connectivity index (χ2n) is 6.27. The Hall–Kier alpha value is -2.17. The van der Waals surface area contributed by atoms with Crippen molar-refractivity contribution < 1.29 is 39.4 Å². The first kappa shape index (κ1) is 18.6. The summed E-state index contributed by atoms with van der Waals surface area (Å²) in [4.78, 5) is 11.8. The summed E-state index contributed by atoms with van der Waals surface area (Å²) >= 11 is 0. The Labute approximate surface area is 147 Å². The third kappa shape index (κ3) is 3.04. The normalized spacial score (nSPS) is 29.1. The van der Waals surface area contributed by atoms with Crippen molar-refractivity contribution in [1.82, 2.24) is 0 Å². The van der Waals surface area contributed by atoms with Crippen molar-refractivity contribution in [2.24, 2.45) is 0 Å². The van der Waals surface area contributed by atoms with Gasteiger partial charge in [-0.05, 0) is 19.4 Å². The van der Waals surface area contributed by atoms with Crippen LogP contribution in [0.15, 0.2) is 21.3 Å². The highest BCUT2D eigenvalue weighted by molar-refractivity contribution is 5.88. The maximum Gasteiger partial charge on any atom is 0.339 e. The Morgan fingerprint density at radius 2 is 1.77 bits per heavy atom. The lowest BCUT2D eigenvalue weighted by molar-refractivity contribution is -0.277. The van der Waals surface area contributed by atoms with Crippen LogP contribution in [0.4, 0.5) is 0 Å². The molecule has 0 spiro atoms. The highest BCUT2D eigenvalue weighted by atomic mass is 16.7. The number of fused-ring (bicyclic) bond motifs is 1. The molecule has 0 saturated carbocycles. The first-order valence-corrected chi connectivity index (χ1v) is 7.98. The monoisotopic (exact) mass is 368 g/mol. The minimum absolute atomic E-state index is 0.0497. The van der Waals surface area contributed by atoms with Crippen LogP contribution in [0.1, 0.15) is 11.1 Å². The Morgan fingerprint density at radius 3 is 2.42 bits per heavy atom. The van der Waals surface area contributed by atoms with Crippen LogP contribution in [0, 0.1) is 13.8 Å². The highest BCUT2D eigenvalue weighted by Crippen LogP contribution is 2.35. The van der Waals surface area contributed by atoms with E-state index in [2.05, 4.69) is 0 Å². The van der Waals surface area contributed by atoms with E-state index < -0.39 is 42.9 Å². The third-order valence-electron chi connectivity index (χ3n) is 4.59. The quantitative estimate of drug-likeness (QED) is 0.443. The van der Waals surface area contributed by atoms with Crippen LogP contribution in [0.2, 0.25) is 0 Å². The number of hydrogen-bond acceptors (Lipinski definition) is 9. The van der Waals surface area contributed by atoms with E-state index in [0.717, 1.165) is 0 Å². The van der Waals surface area contributed by atoms with Crippen molar-refractivity contribution in [3.05, 3.63) is 33.7 Å². The van der Waals surface area contributed by atoms with E-state index >= 15 is 0 Å². The number of aliphatic hydroxyl groups is 4. The van der Waals surface area contributed by atoms with Gasteiger partial charge in [-0.25, -0.2) is 4.79 Å². The van der Waals surface area contributed by atoms with Gasteiger partial charge in [0, 0.05) is 17.7 Å². The molecule has 5 atom stereocenters. The van der Waals surface area contributed by atoms with Gasteiger partial charge < -0.3 is 39.4 Å². The number of benzene rings is 1. The predicted octanol–water partition coefficient (Wildman–Crippen LogP) is -0.706. The van der Waals surface area contributed by atoms with Gasteiger partial charge in [0.25, 0.3) is 0 Å². The molecule has 5 N–H and O–H groups in total. The van der Waals surface area contributed by atoms with Crippen LogP contribution >= 0.6 is 0 Å². The number of rotatable bonds is 3. The fourth-order valence-electron chi connectivity index (χ4n) is 2.93. The predicted molar refractivity (Wildman–Crippen MR) is 88.0 cm³/mol. The van der Waals surface area contributed by atoms with E-state index in [4.69, 9.17) is 13.9 Å². The summed E-state index contributed by atoms with van der Waals surface area (Å²) in [5.74, 6) is -0.197. The smallest absolute Gasteiger partial charge is 0.339 e. The van der Waals surface area contributed by atoms with Gasteiger partial charge in [-0.3, -0.25) is 0 Å². The van der Waals surface area contributed by atoms with Crippen molar-refractivity contribution in [2.45, 2.75) is 44.6 Å². The molecular weight excluding hydrogens is 348 g/mol. The largest absolute Gasteiger partial charge is 0.508 e. The number of phenols is 1. The summed E-state index contributed by atoms with van der Waals surface area (Å²) in [6.07, 6.45) is -7.29. The van der Waals surface area contributed by atoms with Crippen molar-refractivity contribution >= 4 is 11.0 Å². The molecule has 9 heteroatoms. The van der Waals surface area contributed by atoms with Crippen LogP contribution in [0.5, 0.6) is 11.5 Å². The van der Waals surface area contributed by atoms with E-state index in [1.54, 1.807) is 13.8 Å². The summed E-state index contributed by atoms with van der Waals surface area (Å²) in [6.45, 7) is 2.65. The van der Waals surface area contributed by atoms with Crippen LogP contribution in [0.25, 0.3) is 11.0 Å².